The molecule has 0 saturated carbocycles. The largest absolute Gasteiger partial charge is 0.481 e. The number of hydrogen-bond donors (Lipinski definition) is 2. The number of aliphatic carboxylic acids is 1. The third-order valence-electron chi connectivity index (χ3n) is 2.32. The van der Waals surface area contributed by atoms with Crippen molar-refractivity contribution in [3.8, 4) is 0 Å². The van der Waals surface area contributed by atoms with Crippen LogP contribution in [0.2, 0.25) is 0 Å². The maximum atomic E-state index is 10.8. The average Bonchev–Trinajstić information content (AvgIpc) is 2.33. The van der Waals surface area contributed by atoms with Gasteiger partial charge in [0.05, 0.1) is 5.41 Å². The molecule has 0 bridgehead atoms. The highest BCUT2D eigenvalue weighted by atomic mass is 35.5. The third kappa shape index (κ3) is 1.79. The Kier molecular flexibility index (Phi) is 3.74. The molecule has 1 rings (SSSR count). The molecule has 4 heteroatoms. The first-order chi connectivity index (χ1) is 5.10. The molecule has 0 fully saturated rings. The SMILES string of the molecule is CCC1(C(=O)O)C=CC(N)C1.Cl. The second-order valence-electron chi connectivity index (χ2n) is 3.04. The second kappa shape index (κ2) is 3.92. The molecule has 0 aromatic carbocycles. The van der Waals surface area contributed by atoms with Crippen molar-refractivity contribution in [3.05, 3.63) is 12.2 Å². The molecule has 0 saturated heterocycles. The first kappa shape index (κ1) is 11.5. The molecule has 0 aromatic rings. The van der Waals surface area contributed by atoms with Gasteiger partial charge >= 0.3 is 5.97 Å². The maximum Gasteiger partial charge on any atom is 0.313 e. The van der Waals surface area contributed by atoms with Crippen LogP contribution < -0.4 is 5.73 Å². The number of halogens is 1. The molecule has 0 heterocycles. The van der Waals surface area contributed by atoms with Crippen molar-refractivity contribution in [3.63, 3.8) is 0 Å². The molecule has 12 heavy (non-hydrogen) atoms. The summed E-state index contributed by atoms with van der Waals surface area (Å²) in [6.07, 6.45) is 4.66. The van der Waals surface area contributed by atoms with E-state index in [4.69, 9.17) is 10.8 Å². The summed E-state index contributed by atoms with van der Waals surface area (Å²) in [7, 11) is 0. The van der Waals surface area contributed by atoms with Gasteiger partial charge in [0.15, 0.2) is 0 Å². The van der Waals surface area contributed by atoms with E-state index in [0.717, 1.165) is 0 Å². The highest BCUT2D eigenvalue weighted by molar-refractivity contribution is 5.85. The zero-order valence-corrected chi connectivity index (χ0v) is 7.80. The Bertz CT molecular complexity index is 205. The fourth-order valence-electron chi connectivity index (χ4n) is 1.44. The van der Waals surface area contributed by atoms with Gasteiger partial charge in [-0.2, -0.15) is 0 Å². The summed E-state index contributed by atoms with van der Waals surface area (Å²) in [4.78, 5) is 10.8. The lowest BCUT2D eigenvalue weighted by Crippen LogP contribution is -2.30. The Balaban J connectivity index is 0.00000121. The fourth-order valence-corrected chi connectivity index (χ4v) is 1.44. The van der Waals surface area contributed by atoms with Gasteiger partial charge in [-0.25, -0.2) is 0 Å². The Labute approximate surface area is 78.0 Å². The van der Waals surface area contributed by atoms with Gasteiger partial charge in [-0.15, -0.1) is 12.4 Å². The fraction of sp³-hybridized carbons (Fsp3) is 0.625. The van der Waals surface area contributed by atoms with E-state index >= 15 is 0 Å². The number of rotatable bonds is 2. The predicted molar refractivity (Wildman–Crippen MR) is 49.3 cm³/mol. The monoisotopic (exact) mass is 191 g/mol. The molecule has 0 spiro atoms. The van der Waals surface area contributed by atoms with Crippen molar-refractivity contribution in [1.29, 1.82) is 0 Å². The quantitative estimate of drug-likeness (QED) is 0.645. The molecule has 0 aliphatic heterocycles. The predicted octanol–water partition coefficient (Wildman–Crippen LogP) is 1.18. The first-order valence-electron chi connectivity index (χ1n) is 3.79. The van der Waals surface area contributed by atoms with Crippen LogP contribution in [0.25, 0.3) is 0 Å². The van der Waals surface area contributed by atoms with Gasteiger partial charge in [0.1, 0.15) is 0 Å². The van der Waals surface area contributed by atoms with Crippen LogP contribution >= 0.6 is 12.4 Å². The van der Waals surface area contributed by atoms with Crippen LogP contribution in [0.15, 0.2) is 12.2 Å². The van der Waals surface area contributed by atoms with Crippen LogP contribution in [-0.4, -0.2) is 17.1 Å². The van der Waals surface area contributed by atoms with Crippen LogP contribution in [-0.2, 0) is 4.79 Å². The first-order valence-corrected chi connectivity index (χ1v) is 3.79. The second-order valence-corrected chi connectivity index (χ2v) is 3.04. The molecular weight excluding hydrogens is 178 g/mol. The normalized spacial score (nSPS) is 33.0. The van der Waals surface area contributed by atoms with Crippen LogP contribution in [0.5, 0.6) is 0 Å². The molecule has 0 aromatic heterocycles. The number of hydrogen-bond acceptors (Lipinski definition) is 2. The molecule has 2 atom stereocenters. The van der Waals surface area contributed by atoms with Gasteiger partial charge in [0.2, 0.25) is 0 Å². The Morgan fingerprint density at radius 3 is 2.58 bits per heavy atom. The lowest BCUT2D eigenvalue weighted by molar-refractivity contribution is -0.146. The van der Waals surface area contributed by atoms with E-state index in [0.29, 0.717) is 12.8 Å². The number of carboxylic acid groups (broad SMARTS) is 1. The highest BCUT2D eigenvalue weighted by Crippen LogP contribution is 2.34. The molecule has 1 aliphatic carbocycles. The number of carboxylic acids is 1. The maximum absolute atomic E-state index is 10.8. The van der Waals surface area contributed by atoms with E-state index in [2.05, 4.69) is 0 Å². The van der Waals surface area contributed by atoms with E-state index < -0.39 is 11.4 Å². The van der Waals surface area contributed by atoms with Crippen LogP contribution in [0.1, 0.15) is 19.8 Å². The van der Waals surface area contributed by atoms with E-state index in [9.17, 15) is 4.79 Å². The van der Waals surface area contributed by atoms with Gasteiger partial charge in [0.25, 0.3) is 0 Å². The van der Waals surface area contributed by atoms with Gasteiger partial charge in [-0.05, 0) is 12.8 Å². The van der Waals surface area contributed by atoms with E-state index in [1.807, 2.05) is 6.92 Å². The van der Waals surface area contributed by atoms with Crippen molar-refractivity contribution >= 4 is 18.4 Å². The molecule has 0 radical (unpaired) electrons. The topological polar surface area (TPSA) is 63.3 Å². The molecule has 70 valence electrons. The van der Waals surface area contributed by atoms with E-state index in [-0.39, 0.29) is 18.4 Å². The summed E-state index contributed by atoms with van der Waals surface area (Å²) in [5, 5.41) is 8.87. The Morgan fingerprint density at radius 2 is 2.42 bits per heavy atom. The molecule has 1 aliphatic rings. The standard InChI is InChI=1S/C8H13NO2.ClH/c1-2-8(7(10)11)4-3-6(9)5-8;/h3-4,6H,2,5,9H2,1H3,(H,10,11);1H. The van der Waals surface area contributed by atoms with Crippen LogP contribution in [0, 0.1) is 5.41 Å². The summed E-state index contributed by atoms with van der Waals surface area (Å²) in [5.41, 5.74) is 4.89. The van der Waals surface area contributed by atoms with Crippen molar-refractivity contribution < 1.29 is 9.90 Å². The molecule has 0 amide bonds. The molecule has 3 nitrogen and oxygen atoms in total. The summed E-state index contributed by atoms with van der Waals surface area (Å²) in [5.74, 6) is -0.760. The van der Waals surface area contributed by atoms with Gasteiger partial charge in [-0.3, -0.25) is 4.79 Å². The molecule has 3 N–H and O–H groups in total. The van der Waals surface area contributed by atoms with Crippen molar-refractivity contribution in [2.45, 2.75) is 25.8 Å². The van der Waals surface area contributed by atoms with Gasteiger partial charge in [-0.1, -0.05) is 19.1 Å². The van der Waals surface area contributed by atoms with Crippen molar-refractivity contribution in [2.24, 2.45) is 11.1 Å². The smallest absolute Gasteiger partial charge is 0.313 e. The average molecular weight is 192 g/mol. The summed E-state index contributed by atoms with van der Waals surface area (Å²) < 4.78 is 0. The van der Waals surface area contributed by atoms with Gasteiger partial charge in [0, 0.05) is 6.04 Å². The Hall–Kier alpha value is -0.540. The van der Waals surface area contributed by atoms with Gasteiger partial charge < -0.3 is 10.8 Å². The lowest BCUT2D eigenvalue weighted by Gasteiger charge is -2.20. The van der Waals surface area contributed by atoms with E-state index in [1.54, 1.807) is 12.2 Å². The van der Waals surface area contributed by atoms with Crippen molar-refractivity contribution in [2.75, 3.05) is 0 Å². The van der Waals surface area contributed by atoms with E-state index in [1.165, 1.54) is 0 Å². The minimum absolute atomic E-state index is 0. The molecular formula is C8H14ClNO2. The highest BCUT2D eigenvalue weighted by Gasteiger charge is 2.38. The summed E-state index contributed by atoms with van der Waals surface area (Å²) in [6.45, 7) is 1.87. The third-order valence-corrected chi connectivity index (χ3v) is 2.32. The van der Waals surface area contributed by atoms with Crippen LogP contribution in [0.3, 0.4) is 0 Å². The van der Waals surface area contributed by atoms with Crippen molar-refractivity contribution in [1.82, 2.24) is 0 Å². The minimum atomic E-state index is -0.760. The summed E-state index contributed by atoms with van der Waals surface area (Å²) in [6, 6.07) is -0.0777. The Morgan fingerprint density at radius 1 is 1.83 bits per heavy atom. The lowest BCUT2D eigenvalue weighted by atomic mass is 9.84. The molecule has 2 unspecified atom stereocenters. The number of carbonyl (C=O) groups is 1. The zero-order valence-electron chi connectivity index (χ0n) is 6.99. The number of nitrogens with two attached hydrogens (primary N) is 1. The van der Waals surface area contributed by atoms with Crippen LogP contribution in [0.4, 0.5) is 0 Å². The minimum Gasteiger partial charge on any atom is -0.481 e. The zero-order chi connectivity index (χ0) is 8.48. The summed E-state index contributed by atoms with van der Waals surface area (Å²) >= 11 is 0.